The Hall–Kier alpha value is -3.09. The van der Waals surface area contributed by atoms with Gasteiger partial charge < -0.3 is 4.90 Å². The molecular weight excluding hydrogens is 340 g/mol. The number of rotatable bonds is 4. The maximum absolute atomic E-state index is 13.4. The maximum atomic E-state index is 13.4. The highest BCUT2D eigenvalue weighted by atomic mass is 19.2. The summed E-state index contributed by atoms with van der Waals surface area (Å²) < 4.78 is 26.5. The van der Waals surface area contributed by atoms with E-state index in [1.807, 2.05) is 18.2 Å². The van der Waals surface area contributed by atoms with Crippen LogP contribution in [0.1, 0.15) is 13.3 Å². The summed E-state index contributed by atoms with van der Waals surface area (Å²) in [5.41, 5.74) is 1.08. The quantitative estimate of drug-likeness (QED) is 0.845. The summed E-state index contributed by atoms with van der Waals surface area (Å²) in [5.74, 6) is -2.61. The third kappa shape index (κ3) is 3.33. The summed E-state index contributed by atoms with van der Waals surface area (Å²) in [5, 5.41) is 5.84. The van der Waals surface area contributed by atoms with Gasteiger partial charge >= 0.3 is 0 Å². The molecule has 0 fully saturated rings. The van der Waals surface area contributed by atoms with Crippen molar-refractivity contribution in [2.75, 3.05) is 17.0 Å². The van der Waals surface area contributed by atoms with Gasteiger partial charge in [-0.3, -0.25) is 14.6 Å². The Labute approximate surface area is 149 Å². The predicted molar refractivity (Wildman–Crippen MR) is 95.2 cm³/mol. The molecule has 1 aliphatic heterocycles. The number of ketones is 1. The summed E-state index contributed by atoms with van der Waals surface area (Å²) in [6.45, 7) is 1.45. The minimum absolute atomic E-state index is 0.115. The summed E-state index contributed by atoms with van der Waals surface area (Å²) in [6.07, 6.45) is 0.150. The van der Waals surface area contributed by atoms with Crippen LogP contribution >= 0.6 is 0 Å². The van der Waals surface area contributed by atoms with Crippen molar-refractivity contribution in [2.24, 2.45) is 5.10 Å². The summed E-state index contributed by atoms with van der Waals surface area (Å²) in [7, 11) is 1.45. The molecule has 1 aliphatic rings. The fourth-order valence-corrected chi connectivity index (χ4v) is 2.78. The number of hydrogen-bond acceptors (Lipinski definition) is 4. The van der Waals surface area contributed by atoms with E-state index in [1.165, 1.54) is 29.9 Å². The second kappa shape index (κ2) is 7.03. The van der Waals surface area contributed by atoms with Gasteiger partial charge in [-0.05, 0) is 31.2 Å². The van der Waals surface area contributed by atoms with E-state index in [4.69, 9.17) is 0 Å². The van der Waals surface area contributed by atoms with E-state index in [0.717, 1.165) is 12.1 Å². The zero-order valence-corrected chi connectivity index (χ0v) is 14.3. The lowest BCUT2D eigenvalue weighted by Gasteiger charge is -2.20. The fraction of sp³-hybridized carbons (Fsp3) is 0.211. The minimum Gasteiger partial charge on any atom is -0.310 e. The van der Waals surface area contributed by atoms with Crippen molar-refractivity contribution < 1.29 is 18.4 Å². The number of Topliss-reactive ketones (excluding diaryl/α,β-unsaturated/α-hetero) is 1. The van der Waals surface area contributed by atoms with Crippen molar-refractivity contribution in [3.05, 3.63) is 60.2 Å². The standard InChI is InChI=1S/C19H17F2N3O2/c1-12(25)18-11-17(22-24(18)13-6-4-3-5-7-13)19(26)23(2)14-8-9-15(20)16(21)10-14/h3-10,18H,11H2,1-2H3. The number of para-hydroxylation sites is 1. The molecule has 26 heavy (non-hydrogen) atoms. The Bertz CT molecular complexity index is 884. The zero-order valence-electron chi connectivity index (χ0n) is 14.3. The molecule has 7 heteroatoms. The van der Waals surface area contributed by atoms with Crippen molar-refractivity contribution in [1.82, 2.24) is 0 Å². The van der Waals surface area contributed by atoms with Gasteiger partial charge in [0.25, 0.3) is 5.91 Å². The lowest BCUT2D eigenvalue weighted by atomic mass is 10.1. The monoisotopic (exact) mass is 357 g/mol. The van der Waals surface area contributed by atoms with Crippen LogP contribution in [0.4, 0.5) is 20.2 Å². The number of anilines is 2. The molecule has 0 radical (unpaired) electrons. The molecule has 1 heterocycles. The van der Waals surface area contributed by atoms with Crippen molar-refractivity contribution in [3.8, 4) is 0 Å². The lowest BCUT2D eigenvalue weighted by Crippen LogP contribution is -2.35. The highest BCUT2D eigenvalue weighted by Crippen LogP contribution is 2.26. The predicted octanol–water partition coefficient (Wildman–Crippen LogP) is 3.15. The van der Waals surface area contributed by atoms with E-state index in [9.17, 15) is 18.4 Å². The van der Waals surface area contributed by atoms with Crippen LogP contribution in [0.2, 0.25) is 0 Å². The average Bonchev–Trinajstić information content (AvgIpc) is 3.09. The first-order chi connectivity index (χ1) is 12.4. The number of hydrazone groups is 1. The van der Waals surface area contributed by atoms with E-state index < -0.39 is 23.6 Å². The Kier molecular flexibility index (Phi) is 4.79. The molecule has 1 unspecified atom stereocenters. The Morgan fingerprint density at radius 3 is 2.42 bits per heavy atom. The van der Waals surface area contributed by atoms with Crippen LogP contribution in [0, 0.1) is 11.6 Å². The van der Waals surface area contributed by atoms with Gasteiger partial charge in [0, 0.05) is 25.2 Å². The third-order valence-electron chi connectivity index (χ3n) is 4.24. The van der Waals surface area contributed by atoms with Gasteiger partial charge in [0.05, 0.1) is 5.69 Å². The van der Waals surface area contributed by atoms with Crippen LogP contribution in [0.15, 0.2) is 53.6 Å². The van der Waals surface area contributed by atoms with E-state index in [-0.39, 0.29) is 23.6 Å². The molecule has 0 saturated carbocycles. The fourth-order valence-electron chi connectivity index (χ4n) is 2.78. The van der Waals surface area contributed by atoms with Gasteiger partial charge in [-0.2, -0.15) is 5.10 Å². The van der Waals surface area contributed by atoms with Crippen molar-refractivity contribution in [1.29, 1.82) is 0 Å². The smallest absolute Gasteiger partial charge is 0.274 e. The molecule has 2 aromatic rings. The number of hydrogen-bond donors (Lipinski definition) is 0. The van der Waals surface area contributed by atoms with Crippen LogP contribution in [0.25, 0.3) is 0 Å². The number of halogens is 2. The average molecular weight is 357 g/mol. The van der Waals surface area contributed by atoms with Crippen LogP contribution in [-0.4, -0.2) is 30.5 Å². The molecule has 0 spiro atoms. The van der Waals surface area contributed by atoms with E-state index >= 15 is 0 Å². The lowest BCUT2D eigenvalue weighted by molar-refractivity contribution is -0.118. The molecule has 0 saturated heterocycles. The molecule has 2 aromatic carbocycles. The largest absolute Gasteiger partial charge is 0.310 e. The molecule has 0 aromatic heterocycles. The zero-order chi connectivity index (χ0) is 18.8. The number of carbonyl (C=O) groups is 2. The first kappa shape index (κ1) is 17.7. The highest BCUT2D eigenvalue weighted by molar-refractivity contribution is 6.44. The molecule has 1 amide bonds. The number of nitrogens with zero attached hydrogens (tertiary/aromatic N) is 3. The third-order valence-corrected chi connectivity index (χ3v) is 4.24. The summed E-state index contributed by atoms with van der Waals surface area (Å²) in [4.78, 5) is 25.9. The summed E-state index contributed by atoms with van der Waals surface area (Å²) >= 11 is 0. The van der Waals surface area contributed by atoms with Gasteiger partial charge in [0.15, 0.2) is 17.4 Å². The first-order valence-corrected chi connectivity index (χ1v) is 8.04. The van der Waals surface area contributed by atoms with E-state index in [0.29, 0.717) is 5.69 Å². The maximum Gasteiger partial charge on any atom is 0.274 e. The van der Waals surface area contributed by atoms with Gasteiger partial charge in [0.2, 0.25) is 0 Å². The number of benzene rings is 2. The molecule has 5 nitrogen and oxygen atoms in total. The summed E-state index contributed by atoms with van der Waals surface area (Å²) in [6, 6.07) is 11.7. The molecule has 0 N–H and O–H groups in total. The Morgan fingerprint density at radius 2 is 1.81 bits per heavy atom. The van der Waals surface area contributed by atoms with Crippen LogP contribution in [0.3, 0.4) is 0 Å². The molecule has 134 valence electrons. The van der Waals surface area contributed by atoms with Crippen molar-refractivity contribution in [2.45, 2.75) is 19.4 Å². The van der Waals surface area contributed by atoms with Crippen LogP contribution < -0.4 is 9.91 Å². The second-order valence-electron chi connectivity index (χ2n) is 6.02. The van der Waals surface area contributed by atoms with E-state index in [2.05, 4.69) is 5.10 Å². The number of amides is 1. The molecular formula is C19H17F2N3O2. The normalized spacial score (nSPS) is 16.4. The molecule has 0 bridgehead atoms. The topological polar surface area (TPSA) is 53.0 Å². The van der Waals surface area contributed by atoms with E-state index in [1.54, 1.807) is 12.1 Å². The van der Waals surface area contributed by atoms with Crippen LogP contribution in [-0.2, 0) is 9.59 Å². The van der Waals surface area contributed by atoms with Gasteiger partial charge in [-0.1, -0.05) is 18.2 Å². The number of carbonyl (C=O) groups excluding carboxylic acids is 2. The Balaban J connectivity index is 1.89. The van der Waals surface area contributed by atoms with Crippen LogP contribution in [0.5, 0.6) is 0 Å². The molecule has 3 rings (SSSR count). The van der Waals surface area contributed by atoms with Crippen molar-refractivity contribution in [3.63, 3.8) is 0 Å². The minimum atomic E-state index is -1.04. The molecule has 1 atom stereocenters. The Morgan fingerprint density at radius 1 is 1.12 bits per heavy atom. The van der Waals surface area contributed by atoms with Gasteiger partial charge in [0.1, 0.15) is 11.8 Å². The second-order valence-corrected chi connectivity index (χ2v) is 6.02. The molecule has 0 aliphatic carbocycles. The van der Waals surface area contributed by atoms with Gasteiger partial charge in [-0.25, -0.2) is 8.78 Å². The van der Waals surface area contributed by atoms with Gasteiger partial charge in [-0.15, -0.1) is 0 Å². The SMILES string of the molecule is CC(=O)C1CC(C(=O)N(C)c2ccc(F)c(F)c2)=NN1c1ccccc1. The highest BCUT2D eigenvalue weighted by Gasteiger charge is 2.35. The van der Waals surface area contributed by atoms with Crippen molar-refractivity contribution >= 4 is 28.8 Å². The first-order valence-electron chi connectivity index (χ1n) is 8.04.